The second-order valence-corrected chi connectivity index (χ2v) is 27.4. The van der Waals surface area contributed by atoms with Crippen molar-refractivity contribution in [3.63, 3.8) is 0 Å². The summed E-state index contributed by atoms with van der Waals surface area (Å²) in [5.74, 6) is -5.95. The average Bonchev–Trinajstić information content (AvgIpc) is 1.59. The van der Waals surface area contributed by atoms with Gasteiger partial charge in [-0.05, 0) is 111 Å². The molecule has 5 aliphatic rings. The molecule has 5 fully saturated rings. The Morgan fingerprint density at radius 3 is 2.09 bits per heavy atom. The molecule has 2 aromatic rings. The van der Waals surface area contributed by atoms with E-state index in [1.54, 1.807) is 69.2 Å². The van der Waals surface area contributed by atoms with E-state index in [0.717, 1.165) is 0 Å². The van der Waals surface area contributed by atoms with Crippen molar-refractivity contribution in [1.82, 2.24) is 24.7 Å². The van der Waals surface area contributed by atoms with E-state index in [0.29, 0.717) is 17.8 Å². The molecule has 0 radical (unpaired) electrons. The number of carboxylic acids is 1. The molecule has 2 amide bonds. The lowest BCUT2D eigenvalue weighted by atomic mass is 9.74. The van der Waals surface area contributed by atoms with Crippen molar-refractivity contribution >= 4 is 47.1 Å². The number of fused-ring (bicyclic) bond motifs is 1. The first-order valence-electron chi connectivity index (χ1n) is 30.0. The maximum atomic E-state index is 14.2. The number of imidazole rings is 1. The summed E-state index contributed by atoms with van der Waals surface area (Å²) in [7, 11) is 6.77. The van der Waals surface area contributed by atoms with E-state index >= 15 is 0 Å². The number of Topliss-reactive ketones (excluding diaryl/α,β-unsaturated/α-hetero) is 1. The number of cyclic esters (lactones) is 1. The molecule has 0 aliphatic carbocycles. The number of esters is 1. The van der Waals surface area contributed by atoms with Crippen molar-refractivity contribution in [3.8, 4) is 5.75 Å². The summed E-state index contributed by atoms with van der Waals surface area (Å²) in [6, 6.07) is 2.92. The molecule has 504 valence electrons. The van der Waals surface area contributed by atoms with Crippen LogP contribution in [-0.4, -0.2) is 231 Å². The Balaban J connectivity index is 0.000000316. The summed E-state index contributed by atoms with van der Waals surface area (Å²) in [6.07, 6.45) is -7.54. The normalized spacial score (nSPS) is 37.9. The fourth-order valence-electron chi connectivity index (χ4n) is 12.8. The predicted molar refractivity (Wildman–Crippen MR) is 322 cm³/mol. The molecular weight excluding hydrogens is 1190 g/mol. The van der Waals surface area contributed by atoms with Crippen LogP contribution in [0.5, 0.6) is 5.75 Å². The molecule has 89 heavy (non-hydrogen) atoms. The van der Waals surface area contributed by atoms with Crippen LogP contribution in [-0.2, 0) is 63.7 Å². The number of aliphatic carboxylic acids is 1. The number of carboxylic acid groups (broad SMARTS) is 1. The number of aliphatic hydroxyl groups excluding tert-OH is 4. The molecule has 0 spiro atoms. The highest BCUT2D eigenvalue weighted by molar-refractivity contribution is 8.01. The number of aromatic hydroxyl groups is 1. The molecule has 1 unspecified atom stereocenters. The first-order chi connectivity index (χ1) is 41.3. The van der Waals surface area contributed by atoms with Crippen LogP contribution in [0.4, 0.5) is 5.82 Å². The largest absolute Gasteiger partial charge is 0.508 e. The number of methoxy groups -OCH3 is 2. The summed E-state index contributed by atoms with van der Waals surface area (Å²) in [5.41, 5.74) is 2.17. The molecule has 28 nitrogen and oxygen atoms in total. The number of nitrogens with zero attached hydrogens (tertiary/aromatic N) is 5. The Hall–Kier alpha value is -4.99. The first-order valence-corrected chi connectivity index (χ1v) is 30.9. The number of thioether (sulfide) groups is 1. The number of rotatable bonds is 15. The number of phenols is 1. The molecule has 7 rings (SSSR count). The number of benzene rings is 1. The van der Waals surface area contributed by atoms with Gasteiger partial charge in [0.1, 0.15) is 71.7 Å². The molecule has 1 aromatic heterocycles. The van der Waals surface area contributed by atoms with Crippen molar-refractivity contribution in [1.29, 1.82) is 0 Å². The third-order valence-corrected chi connectivity index (χ3v) is 19.9. The van der Waals surface area contributed by atoms with Crippen LogP contribution in [0.2, 0.25) is 0 Å². The van der Waals surface area contributed by atoms with Gasteiger partial charge in [-0.15, -0.1) is 11.8 Å². The Morgan fingerprint density at radius 1 is 0.944 bits per heavy atom. The summed E-state index contributed by atoms with van der Waals surface area (Å²) in [5, 5.41) is 85.4. The fourth-order valence-corrected chi connectivity index (χ4v) is 14.4. The Morgan fingerprint density at radius 2 is 1.55 bits per heavy atom. The molecule has 5 saturated heterocycles. The predicted octanol–water partition coefficient (Wildman–Crippen LogP) is 2.56. The topological polar surface area (TPSA) is 397 Å². The van der Waals surface area contributed by atoms with Crippen LogP contribution in [0.15, 0.2) is 30.5 Å². The van der Waals surface area contributed by atoms with Crippen molar-refractivity contribution in [2.75, 3.05) is 34.9 Å². The minimum absolute atomic E-state index is 0.0606. The Labute approximate surface area is 524 Å². The van der Waals surface area contributed by atoms with E-state index in [9.17, 15) is 64.7 Å². The minimum Gasteiger partial charge on any atom is -0.508 e. The monoisotopic (exact) mass is 1280 g/mol. The van der Waals surface area contributed by atoms with Gasteiger partial charge >= 0.3 is 17.8 Å². The van der Waals surface area contributed by atoms with Crippen LogP contribution in [0, 0.1) is 40.7 Å². The second-order valence-electron chi connectivity index (χ2n) is 25.6. The molecule has 22 atom stereocenters. The number of nitrogens with two attached hydrogens (primary N) is 1. The number of nitrogens with one attached hydrogen (secondary N) is 1. The molecule has 29 heteroatoms. The van der Waals surface area contributed by atoms with E-state index in [2.05, 4.69) is 10.3 Å². The van der Waals surface area contributed by atoms with Crippen LogP contribution < -0.4 is 11.1 Å². The second kappa shape index (κ2) is 30.2. The minimum atomic E-state index is -1.96. The SMILES string of the molecule is CC1(C)S[C@@H]2[C@H](NC(=O)[C@H](N)c3ccc(O)cc3)C(=O)N2[C@H]1C(=O)O.CC[C@H]1OC(=O)[C@H](C)[C@@H](O[C@H]2C[C@@](C)(OC)[C@@H](O)[C@H](C)O2)C(C)[C@@H](O[C@@H]2O[C@H](C)C[C@H](N(C)C)[C@H]2O)[C@](C)(OC)C[C@@H](C)C(=O)[C@H](C)[C@@H](O)[C@]1(C)O.Cc1ncc([N+](=O)[O-])n1CCO. The quantitative estimate of drug-likeness (QED) is 0.0535. The number of amides is 2. The highest BCUT2D eigenvalue weighted by Crippen LogP contribution is 2.51. The van der Waals surface area contributed by atoms with Gasteiger partial charge in [-0.1, -0.05) is 39.8 Å². The number of ketones is 1. The number of β-lactam (4-membered cyclic amide) rings is 1. The molecule has 1 aromatic carbocycles. The van der Waals surface area contributed by atoms with E-state index in [1.165, 1.54) is 72.8 Å². The van der Waals surface area contributed by atoms with Crippen LogP contribution in [0.25, 0.3) is 0 Å². The van der Waals surface area contributed by atoms with Gasteiger partial charge in [0.2, 0.25) is 11.8 Å². The number of aryl methyl sites for hydroxylation is 1. The van der Waals surface area contributed by atoms with Gasteiger partial charge in [0.05, 0.1) is 54.2 Å². The Bertz CT molecular complexity index is 2760. The standard InChI is InChI=1S/C38H69NO13.C16H19N3O5S.C6H9N3O3/c1-15-26-38(10,45)31(42)21(4)28(40)19(2)17-37(9,47-14)33(52-35-29(41)25(39(11)12)16-20(3)48-35)22(5)30(23(6)34(44)50-26)51-27-18-36(8,46-13)32(43)24(7)49-27;1-16(2)11(15(23)24)19-13(22)10(14(19)25-16)18-12(21)9(17)7-3-5-8(20)6-4-7;1-5-7-4-6(9(11)12)8(5)2-3-10/h19-27,29-33,35,41-43,45H,15-18H2,1-14H3;3-6,9-11,14,20H,17H2,1-2H3,(H,18,21)(H,23,24);4,10H,2-3H2,1H3/t19-,20-,21+,22?,23-,24+,25+,26-,27+,29-,30+,31-,32+,33-,35+,36-,37-,38-;9-,10-,11+,14-;/m11./s1. The van der Waals surface area contributed by atoms with Gasteiger partial charge in [0, 0.05) is 56.1 Å². The first kappa shape index (κ1) is 74.7. The van der Waals surface area contributed by atoms with E-state index in [1.807, 2.05) is 32.8 Å². The third-order valence-electron chi connectivity index (χ3n) is 18.3. The number of hydrogen-bond donors (Lipinski definition) is 9. The van der Waals surface area contributed by atoms with Gasteiger partial charge in [0.15, 0.2) is 18.4 Å². The van der Waals surface area contributed by atoms with Gasteiger partial charge in [0.25, 0.3) is 0 Å². The number of phenolic OH excluding ortho intramolecular Hbond substituents is 1. The maximum absolute atomic E-state index is 14.2. The number of ether oxygens (including phenoxy) is 7. The van der Waals surface area contributed by atoms with Gasteiger partial charge in [-0.2, -0.15) is 0 Å². The van der Waals surface area contributed by atoms with E-state index in [-0.39, 0.29) is 61.9 Å². The van der Waals surface area contributed by atoms with Gasteiger partial charge < -0.3 is 99.9 Å². The number of carbonyl (C=O) groups excluding carboxylic acids is 4. The number of carbonyl (C=O) groups is 5. The number of aliphatic hydroxyl groups is 5. The number of hydrogen-bond acceptors (Lipinski definition) is 24. The van der Waals surface area contributed by atoms with E-state index < -0.39 is 153 Å². The lowest BCUT2D eigenvalue weighted by Gasteiger charge is -2.50. The zero-order valence-corrected chi connectivity index (χ0v) is 55.0. The summed E-state index contributed by atoms with van der Waals surface area (Å²) >= 11 is 1.35. The van der Waals surface area contributed by atoms with Crippen LogP contribution >= 0.6 is 11.8 Å². The summed E-state index contributed by atoms with van der Waals surface area (Å²) < 4.78 is 44.6. The molecule has 10 N–H and O–H groups in total. The van der Waals surface area contributed by atoms with Crippen LogP contribution in [0.3, 0.4) is 0 Å². The number of nitro groups is 1. The highest BCUT2D eigenvalue weighted by Gasteiger charge is 2.64. The molecule has 6 heterocycles. The molecular formula is C60H97N7O21S. The van der Waals surface area contributed by atoms with Crippen molar-refractivity contribution < 1.29 is 97.8 Å². The zero-order valence-electron chi connectivity index (χ0n) is 54.2. The fraction of sp³-hybridized carbons (Fsp3) is 0.767. The maximum Gasteiger partial charge on any atom is 0.342 e. The van der Waals surface area contributed by atoms with E-state index in [4.69, 9.17) is 44.0 Å². The summed E-state index contributed by atoms with van der Waals surface area (Å²) in [4.78, 5) is 81.2. The molecule has 5 aliphatic heterocycles. The van der Waals surface area contributed by atoms with Gasteiger partial charge in [-0.3, -0.25) is 19.2 Å². The van der Waals surface area contributed by atoms with Crippen molar-refractivity contribution in [2.24, 2.45) is 29.4 Å². The lowest BCUT2D eigenvalue weighted by Crippen LogP contribution is -2.71. The zero-order chi connectivity index (χ0) is 67.3. The van der Waals surface area contributed by atoms with Crippen molar-refractivity contribution in [2.45, 2.75) is 235 Å². The molecule has 0 saturated carbocycles. The van der Waals surface area contributed by atoms with Crippen molar-refractivity contribution in [3.05, 3.63) is 52.0 Å². The van der Waals surface area contributed by atoms with Gasteiger partial charge in [-0.25, -0.2) is 14.3 Å². The average molecular weight is 1280 g/mol. The smallest absolute Gasteiger partial charge is 0.342 e. The molecule has 0 bridgehead atoms. The number of aromatic nitrogens is 2. The number of likely N-dealkylation sites (N-methyl/N-ethyl adjacent to an activating group) is 1. The third kappa shape index (κ3) is 16.4. The Kier molecular flexibility index (Phi) is 25.3. The van der Waals surface area contributed by atoms with Crippen LogP contribution in [0.1, 0.15) is 126 Å². The summed E-state index contributed by atoms with van der Waals surface area (Å²) in [6.45, 7) is 22.3. The lowest BCUT2D eigenvalue weighted by molar-refractivity contribution is -0.392. The highest BCUT2D eigenvalue weighted by atomic mass is 32.2.